The van der Waals surface area contributed by atoms with Crippen LogP contribution in [0.15, 0.2) is 23.8 Å². The second-order valence-electron chi connectivity index (χ2n) is 11.4. The molecule has 0 aromatic carbocycles. The van der Waals surface area contributed by atoms with Crippen molar-refractivity contribution in [2.45, 2.75) is 88.4 Å². The zero-order valence-electron chi connectivity index (χ0n) is 21.2. The number of aliphatic hydroxyl groups excluding tert-OH is 1. The van der Waals surface area contributed by atoms with Crippen LogP contribution >= 0.6 is 23.2 Å². The van der Waals surface area contributed by atoms with Gasteiger partial charge in [-0.3, -0.25) is 4.79 Å². The number of ether oxygens (including phenoxy) is 2. The first kappa shape index (κ1) is 27.6. The standard InChI is InChI=1S/C27H35Cl2FO6/c1-5-6-11-35-23(34)26(36-22(33)21(28)29)10-8-17-19-12-15(2)18-13-16(31)7-9-24(18,3)27(19,30)20(32)14-25(17,26)4/h7,9,13,15,17,19-21,32H,5-6,8,10-12,14H2,1-4H3/t15-,17-,19-,20-,24-,25-,26-,27-/m0/s1. The van der Waals surface area contributed by atoms with Gasteiger partial charge in [-0.15, -0.1) is 0 Å². The van der Waals surface area contributed by atoms with Gasteiger partial charge in [0.15, 0.2) is 11.5 Å². The fourth-order valence-corrected chi connectivity index (χ4v) is 7.86. The average Bonchev–Trinajstić information content (AvgIpc) is 3.09. The number of halogens is 3. The van der Waals surface area contributed by atoms with Crippen LogP contribution < -0.4 is 0 Å². The van der Waals surface area contributed by atoms with Crippen molar-refractivity contribution in [1.29, 1.82) is 0 Å². The number of ketones is 1. The van der Waals surface area contributed by atoms with E-state index in [1.165, 1.54) is 12.2 Å². The van der Waals surface area contributed by atoms with Crippen molar-refractivity contribution in [2.75, 3.05) is 6.61 Å². The maximum atomic E-state index is 17.4. The maximum absolute atomic E-state index is 17.4. The molecule has 4 aliphatic carbocycles. The van der Waals surface area contributed by atoms with Crippen molar-refractivity contribution >= 4 is 40.9 Å². The van der Waals surface area contributed by atoms with Crippen molar-refractivity contribution < 1.29 is 33.4 Å². The van der Waals surface area contributed by atoms with Crippen molar-refractivity contribution in [1.82, 2.24) is 0 Å². The largest absolute Gasteiger partial charge is 0.463 e. The SMILES string of the molecule is CCCCOC(=O)[C@@]1(OC(=O)C(Cl)Cl)CC[C@H]2[C@@H]3C[C@H](C)C4=CC(=O)C=C[C@]4(C)[C@@]3(F)[C@@H](O)C[C@@]21C. The molecular formula is C27H35Cl2FO6. The van der Waals surface area contributed by atoms with Crippen LogP contribution in [0, 0.1) is 28.6 Å². The summed E-state index contributed by atoms with van der Waals surface area (Å²) in [6.45, 7) is 7.59. The van der Waals surface area contributed by atoms with Gasteiger partial charge in [0.05, 0.1) is 12.7 Å². The van der Waals surface area contributed by atoms with Gasteiger partial charge >= 0.3 is 11.9 Å². The molecule has 0 saturated heterocycles. The lowest BCUT2D eigenvalue weighted by Crippen LogP contribution is -2.70. The van der Waals surface area contributed by atoms with Gasteiger partial charge in [0.25, 0.3) is 0 Å². The lowest BCUT2D eigenvalue weighted by atomic mass is 9.43. The van der Waals surface area contributed by atoms with Crippen LogP contribution in [0.2, 0.25) is 0 Å². The number of aliphatic hydroxyl groups is 1. The highest BCUT2D eigenvalue weighted by atomic mass is 35.5. The van der Waals surface area contributed by atoms with Gasteiger partial charge in [-0.05, 0) is 63.0 Å². The van der Waals surface area contributed by atoms with E-state index in [0.717, 1.165) is 6.42 Å². The normalized spacial score (nSPS) is 43.4. The molecule has 3 fully saturated rings. The number of unbranched alkanes of at least 4 members (excludes halogenated alkanes) is 1. The van der Waals surface area contributed by atoms with E-state index in [4.69, 9.17) is 32.7 Å². The zero-order valence-corrected chi connectivity index (χ0v) is 22.7. The van der Waals surface area contributed by atoms with E-state index < -0.39 is 56.8 Å². The minimum Gasteiger partial charge on any atom is -0.463 e. The molecular weight excluding hydrogens is 510 g/mol. The van der Waals surface area contributed by atoms with Crippen LogP contribution in [-0.4, -0.2) is 51.6 Å². The number of hydrogen-bond donors (Lipinski definition) is 1. The van der Waals surface area contributed by atoms with Crippen LogP contribution in [0.1, 0.15) is 66.2 Å². The number of fused-ring (bicyclic) bond motifs is 5. The first-order valence-corrected chi connectivity index (χ1v) is 13.7. The maximum Gasteiger partial charge on any atom is 0.351 e. The Balaban J connectivity index is 1.79. The molecule has 8 atom stereocenters. The number of carbonyl (C=O) groups excluding carboxylic acids is 3. The Morgan fingerprint density at radius 2 is 1.97 bits per heavy atom. The molecule has 0 spiro atoms. The lowest BCUT2D eigenvalue weighted by Gasteiger charge is -2.63. The minimum absolute atomic E-state index is 0.114. The summed E-state index contributed by atoms with van der Waals surface area (Å²) in [6.07, 6.45) is 5.19. The predicted molar refractivity (Wildman–Crippen MR) is 133 cm³/mol. The molecule has 0 aromatic rings. The third-order valence-corrected chi connectivity index (χ3v) is 9.96. The molecule has 3 saturated carbocycles. The Morgan fingerprint density at radius 1 is 1.28 bits per heavy atom. The molecule has 0 amide bonds. The molecule has 4 aliphatic rings. The molecule has 4 rings (SSSR count). The summed E-state index contributed by atoms with van der Waals surface area (Å²) < 4.78 is 28.8. The number of hydrogen-bond acceptors (Lipinski definition) is 6. The predicted octanol–water partition coefficient (Wildman–Crippen LogP) is 5.03. The lowest BCUT2D eigenvalue weighted by molar-refractivity contribution is -0.235. The third-order valence-electron chi connectivity index (χ3n) is 9.60. The Hall–Kier alpha value is -1.44. The fourth-order valence-electron chi connectivity index (χ4n) is 7.77. The second kappa shape index (κ2) is 9.39. The summed E-state index contributed by atoms with van der Waals surface area (Å²) >= 11 is 11.6. The van der Waals surface area contributed by atoms with E-state index in [1.54, 1.807) is 19.9 Å². The van der Waals surface area contributed by atoms with E-state index >= 15 is 4.39 Å². The monoisotopic (exact) mass is 544 g/mol. The molecule has 36 heavy (non-hydrogen) atoms. The van der Waals surface area contributed by atoms with E-state index in [-0.39, 0.29) is 31.1 Å². The number of esters is 2. The first-order valence-electron chi connectivity index (χ1n) is 12.8. The first-order chi connectivity index (χ1) is 16.8. The van der Waals surface area contributed by atoms with Gasteiger partial charge < -0.3 is 14.6 Å². The highest BCUT2D eigenvalue weighted by Gasteiger charge is 2.76. The van der Waals surface area contributed by atoms with E-state index in [9.17, 15) is 19.5 Å². The summed E-state index contributed by atoms with van der Waals surface area (Å²) in [5, 5.41) is 11.5. The fraction of sp³-hybridized carbons (Fsp3) is 0.741. The van der Waals surface area contributed by atoms with Crippen molar-refractivity contribution in [2.24, 2.45) is 28.6 Å². The number of rotatable bonds is 6. The second-order valence-corrected chi connectivity index (χ2v) is 12.5. The van der Waals surface area contributed by atoms with Crippen LogP contribution in [0.3, 0.4) is 0 Å². The number of carbonyl (C=O) groups is 3. The van der Waals surface area contributed by atoms with Gasteiger partial charge in [0.2, 0.25) is 10.4 Å². The van der Waals surface area contributed by atoms with E-state index in [0.29, 0.717) is 24.8 Å². The van der Waals surface area contributed by atoms with Gasteiger partial charge in [-0.1, -0.05) is 62.0 Å². The molecule has 0 aromatic heterocycles. The quantitative estimate of drug-likeness (QED) is 0.286. The van der Waals surface area contributed by atoms with Gasteiger partial charge in [-0.2, -0.15) is 0 Å². The third kappa shape index (κ3) is 3.70. The zero-order chi connectivity index (χ0) is 26.7. The summed E-state index contributed by atoms with van der Waals surface area (Å²) in [7, 11) is 0. The summed E-state index contributed by atoms with van der Waals surface area (Å²) in [6, 6.07) is 0. The van der Waals surface area contributed by atoms with Crippen LogP contribution in [0.25, 0.3) is 0 Å². The van der Waals surface area contributed by atoms with Crippen LogP contribution in [-0.2, 0) is 23.9 Å². The number of alkyl halides is 3. The Kier molecular flexibility index (Phi) is 7.20. The molecule has 0 heterocycles. The number of allylic oxidation sites excluding steroid dienone is 4. The Morgan fingerprint density at radius 3 is 2.61 bits per heavy atom. The molecule has 200 valence electrons. The highest BCUT2D eigenvalue weighted by molar-refractivity contribution is 6.53. The molecule has 0 bridgehead atoms. The minimum atomic E-state index is -2.07. The Labute approximate surface area is 221 Å². The van der Waals surface area contributed by atoms with Gasteiger partial charge in [0, 0.05) is 16.7 Å². The molecule has 0 radical (unpaired) electrons. The van der Waals surface area contributed by atoms with Crippen molar-refractivity contribution in [3.8, 4) is 0 Å². The smallest absolute Gasteiger partial charge is 0.351 e. The van der Waals surface area contributed by atoms with Gasteiger partial charge in [-0.25, -0.2) is 14.0 Å². The average molecular weight is 545 g/mol. The Bertz CT molecular complexity index is 1010. The molecule has 0 unspecified atom stereocenters. The summed E-state index contributed by atoms with van der Waals surface area (Å²) in [5.74, 6) is -3.02. The summed E-state index contributed by atoms with van der Waals surface area (Å²) in [4.78, 5) is 36.8. The molecule has 9 heteroatoms. The van der Waals surface area contributed by atoms with Crippen molar-refractivity contribution in [3.05, 3.63) is 23.8 Å². The van der Waals surface area contributed by atoms with E-state index in [1.807, 2.05) is 13.8 Å². The highest BCUT2D eigenvalue weighted by Crippen LogP contribution is 2.71. The van der Waals surface area contributed by atoms with Crippen LogP contribution in [0.5, 0.6) is 0 Å². The molecule has 1 N–H and O–H groups in total. The van der Waals surface area contributed by atoms with Gasteiger partial charge in [0.1, 0.15) is 0 Å². The summed E-state index contributed by atoms with van der Waals surface area (Å²) in [5.41, 5.74) is -5.42. The van der Waals surface area contributed by atoms with Crippen molar-refractivity contribution in [3.63, 3.8) is 0 Å². The topological polar surface area (TPSA) is 89.9 Å². The van der Waals surface area contributed by atoms with Crippen LogP contribution in [0.4, 0.5) is 4.39 Å². The molecule has 0 aliphatic heterocycles. The van der Waals surface area contributed by atoms with E-state index in [2.05, 4.69) is 0 Å². The molecule has 6 nitrogen and oxygen atoms in total.